The fourth-order valence-corrected chi connectivity index (χ4v) is 2.50. The first-order valence-electron chi connectivity index (χ1n) is 7.96. The molecule has 1 aliphatic carbocycles. The molecule has 0 radical (unpaired) electrons. The van der Waals surface area contributed by atoms with Crippen LogP contribution in [0, 0.1) is 11.3 Å². The third-order valence-electron chi connectivity index (χ3n) is 3.95. The monoisotopic (exact) mass is 303 g/mol. The number of hydrogen-bond donors (Lipinski definition) is 0. The third-order valence-corrected chi connectivity index (χ3v) is 3.95. The minimum absolute atomic E-state index is 0. The average molecular weight is 303 g/mol. The molecule has 1 rings (SSSR count). The summed E-state index contributed by atoms with van der Waals surface area (Å²) in [5, 5.41) is 4.10. The molecule has 0 N–H and O–H groups in total. The molecule has 1 saturated carbocycles. The van der Waals surface area contributed by atoms with Crippen molar-refractivity contribution >= 4 is 6.09 Å². The maximum absolute atomic E-state index is 11.7. The fourth-order valence-electron chi connectivity index (χ4n) is 2.50. The Morgan fingerprint density at radius 1 is 1.27 bits per heavy atom. The molecule has 0 heterocycles. The van der Waals surface area contributed by atoms with E-state index >= 15 is 0 Å². The van der Waals surface area contributed by atoms with Gasteiger partial charge in [-0.05, 0) is 24.2 Å². The molecule has 1 fully saturated rings. The summed E-state index contributed by atoms with van der Waals surface area (Å²) in [5.41, 5.74) is -0.118. The molecule has 4 nitrogen and oxygen atoms in total. The van der Waals surface area contributed by atoms with Crippen LogP contribution in [0.15, 0.2) is 12.2 Å². The molecule has 122 valence electrons. The maximum Gasteiger partial charge on any atom is 1.00 e. The van der Waals surface area contributed by atoms with E-state index in [0.717, 1.165) is 0 Å². The minimum Gasteiger partial charge on any atom is -0.612 e. The van der Waals surface area contributed by atoms with Gasteiger partial charge in [0.1, 0.15) is 6.61 Å². The van der Waals surface area contributed by atoms with E-state index in [1.807, 2.05) is 26.8 Å². The molecule has 1 aliphatic rings. The molecule has 22 heavy (non-hydrogen) atoms. The summed E-state index contributed by atoms with van der Waals surface area (Å²) < 4.78 is 10.3. The predicted octanol–water partition coefficient (Wildman–Crippen LogP) is 1.70. The van der Waals surface area contributed by atoms with Gasteiger partial charge >= 0.3 is 18.9 Å². The molecule has 0 unspecified atom stereocenters. The molecule has 5 heteroatoms. The second-order valence-corrected chi connectivity index (χ2v) is 6.87. The zero-order valence-corrected chi connectivity index (χ0v) is 14.9. The van der Waals surface area contributed by atoms with Crippen molar-refractivity contribution in [1.29, 1.82) is 0 Å². The van der Waals surface area contributed by atoms with Crippen LogP contribution in [0.25, 0.3) is 5.32 Å². The van der Waals surface area contributed by atoms with E-state index < -0.39 is 6.09 Å². The van der Waals surface area contributed by atoms with Gasteiger partial charge in [-0.1, -0.05) is 58.2 Å². The van der Waals surface area contributed by atoms with E-state index in [-0.39, 0.29) is 30.3 Å². The van der Waals surface area contributed by atoms with Crippen LogP contribution in [0.3, 0.4) is 0 Å². The average Bonchev–Trinajstić information content (AvgIpc) is 2.43. The summed E-state index contributed by atoms with van der Waals surface area (Å²) in [7, 11) is 1.62. The zero-order valence-electron chi connectivity index (χ0n) is 14.9. The van der Waals surface area contributed by atoms with Gasteiger partial charge in [0.2, 0.25) is 6.09 Å². The number of carbonyl (C=O) groups excluding carboxylic acids is 1. The second-order valence-electron chi connectivity index (χ2n) is 6.87. The molecule has 0 aromatic carbocycles. The van der Waals surface area contributed by atoms with E-state index in [0.29, 0.717) is 19.1 Å². The van der Waals surface area contributed by atoms with Crippen molar-refractivity contribution in [3.05, 3.63) is 17.5 Å². The molecular formula is C17H30LiNO3. The molecule has 1 amide bonds. The number of ether oxygens (including phenoxy) is 2. The molecular weight excluding hydrogens is 273 g/mol. The van der Waals surface area contributed by atoms with Crippen LogP contribution >= 0.6 is 0 Å². The molecule has 0 aliphatic heterocycles. The molecule has 1 atom stereocenters. The Kier molecular flexibility index (Phi) is 10.9. The summed E-state index contributed by atoms with van der Waals surface area (Å²) in [5.74, 6) is 0.658. The van der Waals surface area contributed by atoms with Gasteiger partial charge in [-0.25, -0.2) is 0 Å². The summed E-state index contributed by atoms with van der Waals surface area (Å²) in [4.78, 5) is 11.7. The number of rotatable bonds is 6. The standard InChI is InChI=1S/C17H31NO3.Li/c1-17(2,3)15(13-20-4)18-16(19)21-12-8-11-14-9-6-5-7-10-14;/h8,11,14-15H,5-7,9-10,12-13H2,1-4H3,(H,18,19);/q;+1/p-1/b11-8+;/t15-;/m1./s1. The Bertz CT molecular complexity index is 333. The van der Waals surface area contributed by atoms with Crippen LogP contribution in [0.4, 0.5) is 4.79 Å². The van der Waals surface area contributed by atoms with Gasteiger partial charge in [0.15, 0.2) is 0 Å². The number of allylic oxidation sites excluding steroid dienone is 1. The van der Waals surface area contributed by atoms with Gasteiger partial charge in [0.05, 0.1) is 0 Å². The zero-order chi connectivity index (χ0) is 15.7. The summed E-state index contributed by atoms with van der Waals surface area (Å²) in [6, 6.07) is -0.183. The number of carbonyl (C=O) groups is 1. The molecule has 0 aromatic rings. The fraction of sp³-hybridized carbons (Fsp3) is 0.824. The predicted molar refractivity (Wildman–Crippen MR) is 85.5 cm³/mol. The van der Waals surface area contributed by atoms with Crippen molar-refractivity contribution < 1.29 is 33.1 Å². The van der Waals surface area contributed by atoms with Gasteiger partial charge in [-0.2, -0.15) is 0 Å². The molecule has 0 spiro atoms. The van der Waals surface area contributed by atoms with E-state index in [1.54, 1.807) is 7.11 Å². The van der Waals surface area contributed by atoms with E-state index in [2.05, 4.69) is 11.4 Å². The van der Waals surface area contributed by atoms with E-state index in [4.69, 9.17) is 9.47 Å². The Morgan fingerprint density at radius 3 is 2.45 bits per heavy atom. The van der Waals surface area contributed by atoms with Gasteiger partial charge in [-0.3, -0.25) is 4.79 Å². The van der Waals surface area contributed by atoms with Crippen LogP contribution < -0.4 is 18.9 Å². The minimum atomic E-state index is -0.500. The van der Waals surface area contributed by atoms with Crippen LogP contribution in [0.2, 0.25) is 0 Å². The Morgan fingerprint density at radius 2 is 1.91 bits per heavy atom. The molecule has 0 saturated heterocycles. The van der Waals surface area contributed by atoms with Crippen LogP contribution in [0.1, 0.15) is 52.9 Å². The van der Waals surface area contributed by atoms with Crippen LogP contribution in [-0.2, 0) is 9.47 Å². The Labute approximate surface area is 147 Å². The van der Waals surface area contributed by atoms with Crippen molar-refractivity contribution in [2.45, 2.75) is 58.9 Å². The van der Waals surface area contributed by atoms with Gasteiger partial charge < -0.3 is 14.8 Å². The molecule has 0 bridgehead atoms. The van der Waals surface area contributed by atoms with Crippen molar-refractivity contribution in [3.63, 3.8) is 0 Å². The van der Waals surface area contributed by atoms with E-state index in [1.165, 1.54) is 32.1 Å². The second kappa shape index (κ2) is 11.2. The van der Waals surface area contributed by atoms with Crippen molar-refractivity contribution in [2.24, 2.45) is 11.3 Å². The molecule has 0 aromatic heterocycles. The summed E-state index contributed by atoms with van der Waals surface area (Å²) in [6.07, 6.45) is 10.1. The normalized spacial score (nSPS) is 17.8. The van der Waals surface area contributed by atoms with Gasteiger partial charge in [0.25, 0.3) is 0 Å². The number of methoxy groups -OCH3 is 1. The first kappa shape index (κ1) is 21.6. The smallest absolute Gasteiger partial charge is 0.612 e. The Balaban J connectivity index is 0.00000441. The number of nitrogens with zero attached hydrogens (tertiary/aromatic N) is 1. The topological polar surface area (TPSA) is 49.6 Å². The van der Waals surface area contributed by atoms with Crippen molar-refractivity contribution in [3.8, 4) is 0 Å². The first-order chi connectivity index (χ1) is 9.93. The van der Waals surface area contributed by atoms with Crippen LogP contribution in [0.5, 0.6) is 0 Å². The summed E-state index contributed by atoms with van der Waals surface area (Å²) in [6.45, 7) is 6.85. The quantitative estimate of drug-likeness (QED) is 0.554. The number of amides is 1. The van der Waals surface area contributed by atoms with E-state index in [9.17, 15) is 4.79 Å². The van der Waals surface area contributed by atoms with Gasteiger partial charge in [0, 0.05) is 13.7 Å². The number of hydrogen-bond acceptors (Lipinski definition) is 3. The SMILES string of the molecule is COC[C@@H]([N-]C(=O)OC/C=C/C1CCCCC1)C(C)(C)C.[Li+]. The largest absolute Gasteiger partial charge is 1.00 e. The van der Waals surface area contributed by atoms with Crippen molar-refractivity contribution in [2.75, 3.05) is 20.3 Å². The van der Waals surface area contributed by atoms with Crippen LogP contribution in [-0.4, -0.2) is 32.5 Å². The van der Waals surface area contributed by atoms with Crippen molar-refractivity contribution in [1.82, 2.24) is 0 Å². The Hall–Kier alpha value is -0.433. The summed E-state index contributed by atoms with van der Waals surface area (Å²) >= 11 is 0. The third kappa shape index (κ3) is 8.88. The maximum atomic E-state index is 11.7. The first-order valence-corrected chi connectivity index (χ1v) is 7.96. The van der Waals surface area contributed by atoms with Gasteiger partial charge in [-0.15, -0.1) is 0 Å².